The molecule has 1 rings (SSSR count). The third-order valence-corrected chi connectivity index (χ3v) is 2.72. The Balaban J connectivity index is 2.58. The van der Waals surface area contributed by atoms with Crippen molar-refractivity contribution in [1.29, 1.82) is 0 Å². The van der Waals surface area contributed by atoms with Gasteiger partial charge in [0.05, 0.1) is 19.8 Å². The van der Waals surface area contributed by atoms with Gasteiger partial charge in [-0.3, -0.25) is 9.69 Å². The van der Waals surface area contributed by atoms with Gasteiger partial charge in [0.1, 0.15) is 0 Å². The lowest BCUT2D eigenvalue weighted by atomic mass is 10.2. The Morgan fingerprint density at radius 1 is 1.32 bits per heavy atom. The predicted molar refractivity (Wildman–Crippen MR) is 74.8 cm³/mol. The number of hydrogen-bond acceptors (Lipinski definition) is 5. The average molecular weight is 267 g/mol. The summed E-state index contributed by atoms with van der Waals surface area (Å²) in [7, 11) is 0. The molecule has 1 aromatic rings. The van der Waals surface area contributed by atoms with Crippen LogP contribution in [0.5, 0.6) is 0 Å². The van der Waals surface area contributed by atoms with Gasteiger partial charge in [0.15, 0.2) is 0 Å². The Hall–Kier alpha value is -1.63. The number of aliphatic hydroxyl groups excluding tert-OH is 2. The van der Waals surface area contributed by atoms with Crippen LogP contribution in [0.25, 0.3) is 0 Å². The number of nitrogen functional groups attached to an aromatic ring is 1. The maximum absolute atomic E-state index is 11.9. The van der Waals surface area contributed by atoms with E-state index in [9.17, 15) is 4.79 Å². The zero-order chi connectivity index (χ0) is 14.3. The summed E-state index contributed by atoms with van der Waals surface area (Å²) in [6, 6.07) is 5.27. The first-order valence-electron chi connectivity index (χ1n) is 6.17. The fourth-order valence-electron chi connectivity index (χ4n) is 1.77. The van der Waals surface area contributed by atoms with E-state index in [4.69, 9.17) is 15.9 Å². The van der Waals surface area contributed by atoms with Crippen LogP contribution in [-0.4, -0.2) is 53.9 Å². The summed E-state index contributed by atoms with van der Waals surface area (Å²) < 4.78 is 0. The lowest BCUT2D eigenvalue weighted by Crippen LogP contribution is -2.37. The van der Waals surface area contributed by atoms with Crippen LogP contribution in [0.3, 0.4) is 0 Å². The molecule has 0 saturated heterocycles. The molecule has 0 saturated carbocycles. The van der Waals surface area contributed by atoms with Crippen LogP contribution in [0.1, 0.15) is 5.56 Å². The molecule has 0 radical (unpaired) electrons. The highest BCUT2D eigenvalue weighted by Gasteiger charge is 2.11. The van der Waals surface area contributed by atoms with Gasteiger partial charge < -0.3 is 21.3 Å². The standard InChI is InChI=1S/C13H21N3O3/c1-10-8-11(14)2-3-12(10)15-13(19)9-16(4-6-17)5-7-18/h2-3,8,17-18H,4-7,9,14H2,1H3,(H,15,19). The number of nitrogens with one attached hydrogen (secondary N) is 1. The number of rotatable bonds is 7. The normalized spacial score (nSPS) is 10.7. The summed E-state index contributed by atoms with van der Waals surface area (Å²) in [6.07, 6.45) is 0. The first-order valence-corrected chi connectivity index (χ1v) is 6.17. The molecule has 0 bridgehead atoms. The SMILES string of the molecule is Cc1cc(N)ccc1NC(=O)CN(CCO)CCO. The van der Waals surface area contributed by atoms with Crippen LogP contribution in [0.15, 0.2) is 18.2 Å². The number of carbonyl (C=O) groups excluding carboxylic acids is 1. The molecule has 6 heteroatoms. The van der Waals surface area contributed by atoms with Gasteiger partial charge in [0.2, 0.25) is 5.91 Å². The number of nitrogens with zero attached hydrogens (tertiary/aromatic N) is 1. The van der Waals surface area contributed by atoms with Gasteiger partial charge in [-0.2, -0.15) is 0 Å². The van der Waals surface area contributed by atoms with E-state index < -0.39 is 0 Å². The van der Waals surface area contributed by atoms with Crippen molar-refractivity contribution in [3.63, 3.8) is 0 Å². The summed E-state index contributed by atoms with van der Waals surface area (Å²) >= 11 is 0. The number of carbonyl (C=O) groups is 1. The highest BCUT2D eigenvalue weighted by molar-refractivity contribution is 5.93. The molecule has 106 valence electrons. The lowest BCUT2D eigenvalue weighted by Gasteiger charge is -2.19. The number of aryl methyl sites for hydroxylation is 1. The second kappa shape index (κ2) is 7.73. The fourth-order valence-corrected chi connectivity index (χ4v) is 1.77. The molecule has 1 aromatic carbocycles. The molecule has 0 fully saturated rings. The first kappa shape index (κ1) is 15.4. The van der Waals surface area contributed by atoms with E-state index in [1.807, 2.05) is 6.92 Å². The van der Waals surface area contributed by atoms with Crippen molar-refractivity contribution >= 4 is 17.3 Å². The fraction of sp³-hybridized carbons (Fsp3) is 0.462. The zero-order valence-corrected chi connectivity index (χ0v) is 11.1. The second-order valence-electron chi connectivity index (χ2n) is 4.35. The molecule has 6 nitrogen and oxygen atoms in total. The average Bonchev–Trinajstić information content (AvgIpc) is 2.33. The van der Waals surface area contributed by atoms with Gasteiger partial charge in [-0.05, 0) is 30.7 Å². The van der Waals surface area contributed by atoms with E-state index in [1.165, 1.54) is 0 Å². The quantitative estimate of drug-likeness (QED) is 0.513. The molecule has 19 heavy (non-hydrogen) atoms. The maximum Gasteiger partial charge on any atom is 0.238 e. The second-order valence-corrected chi connectivity index (χ2v) is 4.35. The molecule has 0 atom stereocenters. The molecule has 0 aromatic heterocycles. The van der Waals surface area contributed by atoms with Gasteiger partial charge >= 0.3 is 0 Å². The van der Waals surface area contributed by atoms with Crippen LogP contribution in [-0.2, 0) is 4.79 Å². The van der Waals surface area contributed by atoms with Gasteiger partial charge in [0.25, 0.3) is 0 Å². The number of hydrogen-bond donors (Lipinski definition) is 4. The monoisotopic (exact) mass is 267 g/mol. The highest BCUT2D eigenvalue weighted by Crippen LogP contribution is 2.17. The first-order chi connectivity index (χ1) is 9.06. The Morgan fingerprint density at radius 3 is 2.47 bits per heavy atom. The van der Waals surface area contributed by atoms with E-state index in [2.05, 4.69) is 5.32 Å². The molecule has 0 heterocycles. The molecular formula is C13H21N3O3. The Morgan fingerprint density at radius 2 is 1.95 bits per heavy atom. The summed E-state index contributed by atoms with van der Waals surface area (Å²) in [4.78, 5) is 13.5. The van der Waals surface area contributed by atoms with Crippen LogP contribution in [0.2, 0.25) is 0 Å². The maximum atomic E-state index is 11.9. The molecule has 5 N–H and O–H groups in total. The summed E-state index contributed by atoms with van der Waals surface area (Å²) in [5, 5.41) is 20.5. The van der Waals surface area contributed by atoms with E-state index in [1.54, 1.807) is 23.1 Å². The Labute approximate surface area is 112 Å². The van der Waals surface area contributed by atoms with Crippen molar-refractivity contribution < 1.29 is 15.0 Å². The van der Waals surface area contributed by atoms with E-state index in [-0.39, 0.29) is 25.7 Å². The smallest absolute Gasteiger partial charge is 0.238 e. The Bertz CT molecular complexity index is 418. The van der Waals surface area contributed by atoms with Crippen molar-refractivity contribution in [2.75, 3.05) is 43.9 Å². The minimum atomic E-state index is -0.185. The van der Waals surface area contributed by atoms with Crippen molar-refractivity contribution in [3.8, 4) is 0 Å². The Kier molecular flexibility index (Phi) is 6.27. The van der Waals surface area contributed by atoms with E-state index >= 15 is 0 Å². The summed E-state index contributed by atoms with van der Waals surface area (Å²) in [5.74, 6) is -0.185. The lowest BCUT2D eigenvalue weighted by molar-refractivity contribution is -0.117. The molecule has 0 spiro atoms. The molecule has 0 aliphatic carbocycles. The van der Waals surface area contributed by atoms with Gasteiger partial charge in [-0.1, -0.05) is 0 Å². The van der Waals surface area contributed by atoms with Crippen molar-refractivity contribution in [1.82, 2.24) is 4.90 Å². The molecule has 0 aliphatic heterocycles. The minimum absolute atomic E-state index is 0.0474. The highest BCUT2D eigenvalue weighted by atomic mass is 16.3. The number of anilines is 2. The van der Waals surface area contributed by atoms with E-state index in [0.29, 0.717) is 24.5 Å². The molecule has 0 unspecified atom stereocenters. The molecule has 1 amide bonds. The molecular weight excluding hydrogens is 246 g/mol. The third-order valence-electron chi connectivity index (χ3n) is 2.72. The number of nitrogens with two attached hydrogens (primary N) is 1. The van der Waals surface area contributed by atoms with Crippen LogP contribution >= 0.6 is 0 Å². The van der Waals surface area contributed by atoms with Gasteiger partial charge in [-0.25, -0.2) is 0 Å². The van der Waals surface area contributed by atoms with E-state index in [0.717, 1.165) is 5.56 Å². The van der Waals surface area contributed by atoms with Crippen LogP contribution < -0.4 is 11.1 Å². The van der Waals surface area contributed by atoms with Crippen molar-refractivity contribution in [3.05, 3.63) is 23.8 Å². The largest absolute Gasteiger partial charge is 0.399 e. The van der Waals surface area contributed by atoms with Crippen LogP contribution in [0, 0.1) is 6.92 Å². The topological polar surface area (TPSA) is 98.8 Å². The van der Waals surface area contributed by atoms with Gasteiger partial charge in [0, 0.05) is 24.5 Å². The van der Waals surface area contributed by atoms with Crippen molar-refractivity contribution in [2.45, 2.75) is 6.92 Å². The summed E-state index contributed by atoms with van der Waals surface area (Å²) in [5.41, 5.74) is 7.90. The number of aliphatic hydroxyl groups is 2. The molecule has 0 aliphatic rings. The predicted octanol–water partition coefficient (Wildman–Crippen LogP) is -0.198. The van der Waals surface area contributed by atoms with Crippen molar-refractivity contribution in [2.24, 2.45) is 0 Å². The third kappa shape index (κ3) is 5.25. The summed E-state index contributed by atoms with van der Waals surface area (Å²) in [6.45, 7) is 2.61. The van der Waals surface area contributed by atoms with Gasteiger partial charge in [-0.15, -0.1) is 0 Å². The van der Waals surface area contributed by atoms with Crippen LogP contribution in [0.4, 0.5) is 11.4 Å². The number of benzene rings is 1. The zero-order valence-electron chi connectivity index (χ0n) is 11.1. The minimum Gasteiger partial charge on any atom is -0.399 e. The number of amides is 1.